The third-order valence-electron chi connectivity index (χ3n) is 2.83. The number of hydroxylamine groups is 2. The number of amides is 1. The highest BCUT2D eigenvalue weighted by Crippen LogP contribution is 2.48. The van der Waals surface area contributed by atoms with Crippen LogP contribution < -0.4 is 0 Å². The molecule has 1 saturated carbocycles. The Morgan fingerprint density at radius 2 is 2.20 bits per heavy atom. The number of pyridine rings is 1. The van der Waals surface area contributed by atoms with Crippen LogP contribution in [0.25, 0.3) is 0 Å². The van der Waals surface area contributed by atoms with E-state index < -0.39 is 0 Å². The summed E-state index contributed by atoms with van der Waals surface area (Å²) in [5.74, 6) is 0.481. The van der Waals surface area contributed by atoms with Gasteiger partial charge >= 0.3 is 0 Å². The molecule has 0 spiro atoms. The summed E-state index contributed by atoms with van der Waals surface area (Å²) in [6.45, 7) is 0. The van der Waals surface area contributed by atoms with Crippen molar-refractivity contribution in [1.82, 2.24) is 10.0 Å². The quantitative estimate of drug-likeness (QED) is 0.698. The lowest BCUT2D eigenvalue weighted by Crippen LogP contribution is -2.27. The molecule has 0 saturated heterocycles. The minimum absolute atomic E-state index is 0.0549. The van der Waals surface area contributed by atoms with E-state index in [-0.39, 0.29) is 11.8 Å². The van der Waals surface area contributed by atoms with E-state index >= 15 is 0 Å². The number of carbonyl (C=O) groups is 1. The zero-order valence-corrected chi connectivity index (χ0v) is 8.88. The van der Waals surface area contributed by atoms with Gasteiger partial charge in [0.25, 0.3) is 0 Å². The third kappa shape index (κ3) is 1.99. The van der Waals surface area contributed by atoms with Crippen molar-refractivity contribution in [2.75, 3.05) is 14.2 Å². The fourth-order valence-electron chi connectivity index (χ4n) is 1.77. The van der Waals surface area contributed by atoms with Crippen molar-refractivity contribution in [1.29, 1.82) is 0 Å². The fraction of sp³-hybridized carbons (Fsp3) is 0.455. The van der Waals surface area contributed by atoms with Crippen molar-refractivity contribution >= 4 is 5.91 Å². The van der Waals surface area contributed by atoms with Gasteiger partial charge in [0.15, 0.2) is 0 Å². The highest BCUT2D eigenvalue weighted by Gasteiger charge is 2.45. The molecule has 0 aromatic carbocycles. The molecule has 0 unspecified atom stereocenters. The molecule has 0 N–H and O–H groups in total. The summed E-state index contributed by atoms with van der Waals surface area (Å²) in [6.07, 6.45) is 4.43. The van der Waals surface area contributed by atoms with Crippen LogP contribution in [0.3, 0.4) is 0 Å². The van der Waals surface area contributed by atoms with Gasteiger partial charge in [-0.05, 0) is 30.0 Å². The molecule has 0 radical (unpaired) electrons. The summed E-state index contributed by atoms with van der Waals surface area (Å²) >= 11 is 0. The molecule has 1 aliphatic rings. The maximum Gasteiger partial charge on any atom is 0.249 e. The van der Waals surface area contributed by atoms with Crippen LogP contribution in [0.2, 0.25) is 0 Å². The summed E-state index contributed by atoms with van der Waals surface area (Å²) in [7, 11) is 3.14. The van der Waals surface area contributed by atoms with Crippen molar-refractivity contribution in [2.45, 2.75) is 12.3 Å². The van der Waals surface area contributed by atoms with Crippen molar-refractivity contribution < 1.29 is 9.63 Å². The van der Waals surface area contributed by atoms with Crippen molar-refractivity contribution in [2.24, 2.45) is 5.92 Å². The first-order chi connectivity index (χ1) is 7.24. The number of nitrogens with zero attached hydrogens (tertiary/aromatic N) is 2. The molecule has 0 bridgehead atoms. The SMILES string of the molecule is CON(C)C(=O)[C@@H]1C[C@H]1c1ccncc1. The standard InChI is InChI=1S/C11H14N2O2/c1-13(15-2)11(14)10-7-9(10)8-3-5-12-6-4-8/h3-6,9-10H,7H2,1-2H3/t9-,10+/m0/s1. The Morgan fingerprint density at radius 1 is 1.53 bits per heavy atom. The molecular formula is C11H14N2O2. The molecule has 1 aromatic heterocycles. The van der Waals surface area contributed by atoms with Crippen molar-refractivity contribution in [3.05, 3.63) is 30.1 Å². The highest BCUT2D eigenvalue weighted by molar-refractivity contribution is 5.81. The number of rotatable bonds is 3. The number of aromatic nitrogens is 1. The van der Waals surface area contributed by atoms with Crippen LogP contribution in [0.15, 0.2) is 24.5 Å². The first-order valence-corrected chi connectivity index (χ1v) is 4.95. The Hall–Kier alpha value is -1.42. The lowest BCUT2D eigenvalue weighted by Gasteiger charge is -2.13. The van der Waals surface area contributed by atoms with Crippen LogP contribution in [-0.4, -0.2) is 30.1 Å². The molecule has 4 heteroatoms. The monoisotopic (exact) mass is 206 g/mol. The van der Waals surface area contributed by atoms with E-state index in [1.807, 2.05) is 12.1 Å². The van der Waals surface area contributed by atoms with E-state index in [9.17, 15) is 4.79 Å². The second-order valence-corrected chi connectivity index (χ2v) is 3.75. The van der Waals surface area contributed by atoms with E-state index in [1.54, 1.807) is 19.4 Å². The lowest BCUT2D eigenvalue weighted by atomic mass is 10.1. The van der Waals surface area contributed by atoms with Gasteiger partial charge in [-0.25, -0.2) is 5.06 Å². The van der Waals surface area contributed by atoms with Gasteiger partial charge in [-0.1, -0.05) is 0 Å². The first-order valence-electron chi connectivity index (χ1n) is 4.95. The van der Waals surface area contributed by atoms with Crippen LogP contribution in [0, 0.1) is 5.92 Å². The van der Waals surface area contributed by atoms with Crippen LogP contribution in [0.5, 0.6) is 0 Å². The number of hydrogen-bond acceptors (Lipinski definition) is 3. The summed E-state index contributed by atoms with van der Waals surface area (Å²) in [6, 6.07) is 3.93. The van der Waals surface area contributed by atoms with E-state index in [0.29, 0.717) is 5.92 Å². The highest BCUT2D eigenvalue weighted by atomic mass is 16.7. The van der Waals surface area contributed by atoms with Crippen LogP contribution in [0.4, 0.5) is 0 Å². The molecule has 1 fully saturated rings. The van der Waals surface area contributed by atoms with Gasteiger partial charge in [-0.15, -0.1) is 0 Å². The minimum atomic E-state index is 0.0549. The Morgan fingerprint density at radius 3 is 2.80 bits per heavy atom. The largest absolute Gasteiger partial charge is 0.275 e. The summed E-state index contributed by atoms with van der Waals surface area (Å²) < 4.78 is 0. The smallest absolute Gasteiger partial charge is 0.249 e. The van der Waals surface area contributed by atoms with E-state index in [1.165, 1.54) is 17.7 Å². The lowest BCUT2D eigenvalue weighted by molar-refractivity contribution is -0.170. The number of carbonyl (C=O) groups excluding carboxylic acids is 1. The molecule has 1 amide bonds. The van der Waals surface area contributed by atoms with Gasteiger partial charge in [0, 0.05) is 25.4 Å². The molecule has 1 aliphatic carbocycles. The molecule has 0 aliphatic heterocycles. The van der Waals surface area contributed by atoms with Crippen LogP contribution in [0.1, 0.15) is 17.9 Å². The van der Waals surface area contributed by atoms with E-state index in [2.05, 4.69) is 4.98 Å². The summed E-state index contributed by atoms with van der Waals surface area (Å²) in [5, 5.41) is 1.30. The average Bonchev–Trinajstić information content (AvgIpc) is 3.08. The maximum absolute atomic E-state index is 11.7. The fourth-order valence-corrected chi connectivity index (χ4v) is 1.77. The van der Waals surface area contributed by atoms with E-state index in [4.69, 9.17) is 4.84 Å². The predicted molar refractivity (Wildman–Crippen MR) is 54.9 cm³/mol. The second-order valence-electron chi connectivity index (χ2n) is 3.75. The zero-order chi connectivity index (χ0) is 10.8. The molecule has 2 rings (SSSR count). The zero-order valence-electron chi connectivity index (χ0n) is 8.88. The molecule has 80 valence electrons. The molecule has 4 nitrogen and oxygen atoms in total. The Balaban J connectivity index is 2.00. The van der Waals surface area contributed by atoms with Gasteiger partial charge in [-0.3, -0.25) is 14.6 Å². The van der Waals surface area contributed by atoms with Gasteiger partial charge in [-0.2, -0.15) is 0 Å². The molecule has 2 atom stereocenters. The Labute approximate surface area is 88.8 Å². The topological polar surface area (TPSA) is 42.4 Å². The maximum atomic E-state index is 11.7. The minimum Gasteiger partial charge on any atom is -0.275 e. The van der Waals surface area contributed by atoms with E-state index in [0.717, 1.165) is 6.42 Å². The van der Waals surface area contributed by atoms with Gasteiger partial charge in [0.05, 0.1) is 7.11 Å². The first kappa shape index (κ1) is 10.1. The average molecular weight is 206 g/mol. The normalized spacial score (nSPS) is 23.6. The second kappa shape index (κ2) is 3.98. The summed E-state index contributed by atoms with van der Waals surface area (Å²) in [4.78, 5) is 20.5. The van der Waals surface area contributed by atoms with Crippen molar-refractivity contribution in [3.63, 3.8) is 0 Å². The van der Waals surface area contributed by atoms with Crippen LogP contribution >= 0.6 is 0 Å². The van der Waals surface area contributed by atoms with Gasteiger partial charge in [0.1, 0.15) is 0 Å². The van der Waals surface area contributed by atoms with Crippen molar-refractivity contribution in [3.8, 4) is 0 Å². The Kier molecular flexibility index (Phi) is 2.68. The number of hydrogen-bond donors (Lipinski definition) is 0. The molecule has 1 aromatic rings. The Bertz CT molecular complexity index is 353. The van der Waals surface area contributed by atoms with Gasteiger partial charge in [0.2, 0.25) is 5.91 Å². The molecule has 1 heterocycles. The van der Waals surface area contributed by atoms with Gasteiger partial charge < -0.3 is 0 Å². The van der Waals surface area contributed by atoms with Crippen LogP contribution in [-0.2, 0) is 9.63 Å². The molecular weight excluding hydrogens is 192 g/mol. The molecule has 15 heavy (non-hydrogen) atoms. The summed E-state index contributed by atoms with van der Waals surface area (Å²) in [5.41, 5.74) is 1.19. The predicted octanol–water partition coefficient (Wildman–Crippen LogP) is 1.20. The third-order valence-corrected chi connectivity index (χ3v) is 2.83.